The van der Waals surface area contributed by atoms with Gasteiger partial charge in [0.15, 0.2) is 6.04 Å². The largest absolute Gasteiger partial charge is 0.319 e. The summed E-state index contributed by atoms with van der Waals surface area (Å²) in [5, 5.41) is 8.96. The van der Waals surface area contributed by atoms with Crippen molar-refractivity contribution in [1.82, 2.24) is 4.31 Å². The molecule has 1 aliphatic heterocycles. The first-order valence-electron chi connectivity index (χ1n) is 7.82. The molecule has 120 valence electrons. The van der Waals surface area contributed by atoms with Crippen molar-refractivity contribution < 1.29 is 13.3 Å². The van der Waals surface area contributed by atoms with E-state index in [1.54, 1.807) is 12.1 Å². The average molecular weight is 322 g/mol. The molecule has 22 heavy (non-hydrogen) atoms. The van der Waals surface area contributed by atoms with Gasteiger partial charge in [-0.15, -0.1) is 0 Å². The van der Waals surface area contributed by atoms with Crippen LogP contribution in [-0.2, 0) is 16.4 Å². The van der Waals surface area contributed by atoms with Gasteiger partial charge >= 0.3 is 0 Å². The van der Waals surface area contributed by atoms with E-state index in [-0.39, 0.29) is 6.04 Å². The highest BCUT2D eigenvalue weighted by Gasteiger charge is 2.32. The molecular formula is C16H24N3O2S+. The maximum atomic E-state index is 12.7. The Morgan fingerprint density at radius 1 is 1.27 bits per heavy atom. The summed E-state index contributed by atoms with van der Waals surface area (Å²) in [4.78, 5) is 1.52. The van der Waals surface area contributed by atoms with Gasteiger partial charge in [0.2, 0.25) is 10.0 Å². The summed E-state index contributed by atoms with van der Waals surface area (Å²) in [6, 6.07) is 9.36. The van der Waals surface area contributed by atoms with Crippen LogP contribution < -0.4 is 4.90 Å². The second kappa shape index (κ2) is 7.23. The van der Waals surface area contributed by atoms with E-state index in [0.29, 0.717) is 31.1 Å². The minimum atomic E-state index is -3.41. The minimum Gasteiger partial charge on any atom is -0.319 e. The second-order valence-electron chi connectivity index (χ2n) is 5.81. The fourth-order valence-electron chi connectivity index (χ4n) is 2.80. The van der Waals surface area contributed by atoms with Crippen molar-refractivity contribution in [2.75, 3.05) is 26.2 Å². The number of nitriles is 1. The zero-order valence-corrected chi connectivity index (χ0v) is 14.1. The molecule has 0 bridgehead atoms. The van der Waals surface area contributed by atoms with E-state index in [1.807, 2.05) is 19.1 Å². The van der Waals surface area contributed by atoms with Crippen LogP contribution in [0.25, 0.3) is 0 Å². The van der Waals surface area contributed by atoms with Crippen LogP contribution in [0.1, 0.15) is 25.8 Å². The first-order chi connectivity index (χ1) is 10.5. The van der Waals surface area contributed by atoms with Gasteiger partial charge in [-0.25, -0.2) is 8.42 Å². The Morgan fingerprint density at radius 2 is 1.86 bits per heavy atom. The highest BCUT2D eigenvalue weighted by atomic mass is 32.2. The Hall–Kier alpha value is -1.42. The molecule has 0 amide bonds. The van der Waals surface area contributed by atoms with Gasteiger partial charge in [-0.05, 0) is 24.1 Å². The number of nitrogens with zero attached hydrogens (tertiary/aromatic N) is 2. The topological polar surface area (TPSA) is 65.6 Å². The lowest BCUT2D eigenvalue weighted by molar-refractivity contribution is -0.918. The number of hydrogen-bond acceptors (Lipinski definition) is 3. The second-order valence-corrected chi connectivity index (χ2v) is 7.75. The van der Waals surface area contributed by atoms with E-state index in [0.717, 1.165) is 17.7 Å². The van der Waals surface area contributed by atoms with Crippen LogP contribution in [0.2, 0.25) is 0 Å². The van der Waals surface area contributed by atoms with Crippen molar-refractivity contribution in [3.8, 4) is 6.07 Å². The molecule has 1 aromatic rings. The molecule has 0 aromatic heterocycles. The van der Waals surface area contributed by atoms with Crippen LogP contribution in [0.5, 0.6) is 0 Å². The van der Waals surface area contributed by atoms with Gasteiger partial charge in [0, 0.05) is 6.92 Å². The molecule has 1 atom stereocenters. The minimum absolute atomic E-state index is 0.0850. The third-order valence-electron chi connectivity index (χ3n) is 4.27. The van der Waals surface area contributed by atoms with Gasteiger partial charge in [0.05, 0.1) is 31.1 Å². The average Bonchev–Trinajstić information content (AvgIpc) is 2.55. The van der Waals surface area contributed by atoms with Crippen LogP contribution >= 0.6 is 0 Å². The molecular weight excluding hydrogens is 298 g/mol. The summed E-state index contributed by atoms with van der Waals surface area (Å²) >= 11 is 0. The maximum absolute atomic E-state index is 12.7. The first-order valence-corrected chi connectivity index (χ1v) is 9.26. The van der Waals surface area contributed by atoms with Gasteiger partial charge < -0.3 is 4.90 Å². The number of aryl methyl sites for hydroxylation is 1. The normalized spacial score (nSPS) is 18.8. The van der Waals surface area contributed by atoms with Crippen molar-refractivity contribution in [2.45, 2.75) is 37.6 Å². The fourth-order valence-corrected chi connectivity index (χ4v) is 4.25. The molecule has 1 aliphatic rings. The monoisotopic (exact) mass is 322 g/mol. The van der Waals surface area contributed by atoms with E-state index >= 15 is 0 Å². The summed E-state index contributed by atoms with van der Waals surface area (Å²) in [5.74, 6) is 0. The van der Waals surface area contributed by atoms with Crippen molar-refractivity contribution >= 4 is 10.0 Å². The molecule has 1 saturated heterocycles. The number of hydrogen-bond donors (Lipinski definition) is 1. The summed E-state index contributed by atoms with van der Waals surface area (Å²) in [6.07, 6.45) is 2.02. The predicted molar refractivity (Wildman–Crippen MR) is 85.0 cm³/mol. The first kappa shape index (κ1) is 16.9. The summed E-state index contributed by atoms with van der Waals surface area (Å²) < 4.78 is 26.8. The predicted octanol–water partition coefficient (Wildman–Crippen LogP) is 0.440. The van der Waals surface area contributed by atoms with Gasteiger partial charge in [-0.2, -0.15) is 9.57 Å². The van der Waals surface area contributed by atoms with E-state index < -0.39 is 10.0 Å². The van der Waals surface area contributed by atoms with E-state index in [1.165, 1.54) is 9.87 Å². The van der Waals surface area contributed by atoms with Crippen molar-refractivity contribution in [1.29, 1.82) is 5.26 Å². The van der Waals surface area contributed by atoms with Gasteiger partial charge in [-0.1, -0.05) is 25.5 Å². The molecule has 6 heteroatoms. The van der Waals surface area contributed by atoms with E-state index in [9.17, 15) is 8.42 Å². The lowest BCUT2D eigenvalue weighted by Gasteiger charge is -2.32. The smallest absolute Gasteiger partial charge is 0.243 e. The van der Waals surface area contributed by atoms with Crippen molar-refractivity contribution in [2.24, 2.45) is 0 Å². The molecule has 1 aromatic carbocycles. The number of piperazine rings is 1. The maximum Gasteiger partial charge on any atom is 0.243 e. The molecule has 5 nitrogen and oxygen atoms in total. The van der Waals surface area contributed by atoms with Crippen molar-refractivity contribution in [3.63, 3.8) is 0 Å². The van der Waals surface area contributed by atoms with E-state index in [4.69, 9.17) is 5.26 Å². The van der Waals surface area contributed by atoms with Crippen LogP contribution in [0.3, 0.4) is 0 Å². The molecule has 0 aliphatic carbocycles. The summed E-state index contributed by atoms with van der Waals surface area (Å²) in [7, 11) is -3.41. The lowest BCUT2D eigenvalue weighted by atomic mass is 10.1. The van der Waals surface area contributed by atoms with Crippen LogP contribution in [0.15, 0.2) is 29.2 Å². The van der Waals surface area contributed by atoms with E-state index in [2.05, 4.69) is 13.0 Å². The highest BCUT2D eigenvalue weighted by molar-refractivity contribution is 7.89. The SMILES string of the molecule is CCCc1ccc(S(=O)(=O)N2CC[NH+]([C@@H](C)C#N)CC2)cc1. The molecule has 0 spiro atoms. The molecule has 0 saturated carbocycles. The Labute approximate surface area is 133 Å². The summed E-state index contributed by atoms with van der Waals surface area (Å²) in [5.41, 5.74) is 1.17. The molecule has 2 rings (SSSR count). The zero-order valence-electron chi connectivity index (χ0n) is 13.2. The number of sulfonamides is 1. The third kappa shape index (κ3) is 3.67. The Kier molecular flexibility index (Phi) is 5.57. The van der Waals surface area contributed by atoms with Gasteiger partial charge in [0.25, 0.3) is 0 Å². The molecule has 0 unspecified atom stereocenters. The van der Waals surface area contributed by atoms with Gasteiger partial charge in [-0.3, -0.25) is 0 Å². The van der Waals surface area contributed by atoms with Gasteiger partial charge in [0.1, 0.15) is 6.07 Å². The number of rotatable bonds is 5. The molecule has 1 N–H and O–H groups in total. The highest BCUT2D eigenvalue weighted by Crippen LogP contribution is 2.17. The number of nitrogens with one attached hydrogen (secondary N) is 1. The quantitative estimate of drug-likeness (QED) is 0.855. The molecule has 1 heterocycles. The Morgan fingerprint density at radius 3 is 2.36 bits per heavy atom. The van der Waals surface area contributed by atoms with Crippen LogP contribution in [0, 0.1) is 11.3 Å². The number of benzene rings is 1. The third-order valence-corrected chi connectivity index (χ3v) is 6.18. The Bertz CT molecular complexity index is 626. The van der Waals surface area contributed by atoms with Crippen LogP contribution in [-0.4, -0.2) is 44.9 Å². The Balaban J connectivity index is 2.07. The van der Waals surface area contributed by atoms with Crippen molar-refractivity contribution in [3.05, 3.63) is 29.8 Å². The van der Waals surface area contributed by atoms with Crippen LogP contribution in [0.4, 0.5) is 0 Å². The fraction of sp³-hybridized carbons (Fsp3) is 0.562. The lowest BCUT2D eigenvalue weighted by Crippen LogP contribution is -3.17. The number of quaternary nitrogens is 1. The molecule has 1 fully saturated rings. The summed E-state index contributed by atoms with van der Waals surface area (Å²) in [6.45, 7) is 6.30. The standard InChI is InChI=1S/C16H23N3O2S/c1-3-4-15-5-7-16(8-6-15)22(20,21)19-11-9-18(10-12-19)14(2)13-17/h5-8,14H,3-4,9-12H2,1-2H3/p+1/t14-/m0/s1. The zero-order chi connectivity index (χ0) is 16.2. The molecule has 0 radical (unpaired) electrons.